The van der Waals surface area contributed by atoms with E-state index < -0.39 is 0 Å². The summed E-state index contributed by atoms with van der Waals surface area (Å²) in [5.41, 5.74) is 8.26. The Morgan fingerprint density at radius 3 is 1.86 bits per heavy atom. The Morgan fingerprint density at radius 1 is 0.909 bits per heavy atom. The van der Waals surface area contributed by atoms with Gasteiger partial charge in [0.05, 0.1) is 12.0 Å². The van der Waals surface area contributed by atoms with E-state index in [1.165, 1.54) is 0 Å². The fraction of sp³-hybridized carbons (Fsp3) is 0.278. The fourth-order valence-corrected chi connectivity index (χ4v) is 2.30. The normalized spacial score (nSPS) is 14.3. The molecular weight excluding hydrogens is 296 g/mol. The molecule has 1 amide bonds. The Bertz CT molecular complexity index is 574. The molecule has 0 aliphatic heterocycles. The lowest BCUT2D eigenvalue weighted by atomic mass is 9.94. The number of amides is 1. The van der Waals surface area contributed by atoms with Crippen molar-refractivity contribution in [3.05, 3.63) is 71.8 Å². The second kappa shape index (κ2) is 8.57. The Balaban J connectivity index is 0.00000242. The number of carbonyl (C=O) groups excluding carboxylic acids is 1. The van der Waals surface area contributed by atoms with Gasteiger partial charge in [-0.15, -0.1) is 12.4 Å². The highest BCUT2D eigenvalue weighted by molar-refractivity contribution is 5.85. The molecule has 3 nitrogen and oxygen atoms in total. The standard InChI is InChI=1S/C18H22N2O.ClH/c1-13(17(19)16-11-7-4-8-12-16)18(21)20-14(2)15-9-5-3-6-10-15;/h3-14,17H,19H2,1-2H3,(H,20,21);1H. The number of benzene rings is 2. The van der Waals surface area contributed by atoms with E-state index in [4.69, 9.17) is 5.73 Å². The van der Waals surface area contributed by atoms with Crippen LogP contribution in [0.15, 0.2) is 60.7 Å². The summed E-state index contributed by atoms with van der Waals surface area (Å²) in [5, 5.41) is 3.03. The van der Waals surface area contributed by atoms with Gasteiger partial charge in [0.15, 0.2) is 0 Å². The first-order valence-electron chi connectivity index (χ1n) is 7.25. The van der Waals surface area contributed by atoms with E-state index in [-0.39, 0.29) is 36.3 Å². The zero-order chi connectivity index (χ0) is 15.2. The summed E-state index contributed by atoms with van der Waals surface area (Å²) < 4.78 is 0. The average Bonchev–Trinajstić information content (AvgIpc) is 2.55. The van der Waals surface area contributed by atoms with Gasteiger partial charge in [0.25, 0.3) is 0 Å². The topological polar surface area (TPSA) is 55.1 Å². The third kappa shape index (κ3) is 4.58. The Kier molecular flexibility index (Phi) is 7.09. The number of hydrogen-bond acceptors (Lipinski definition) is 2. The molecule has 0 aliphatic carbocycles. The second-order valence-corrected chi connectivity index (χ2v) is 5.37. The monoisotopic (exact) mass is 318 g/mol. The summed E-state index contributed by atoms with van der Waals surface area (Å²) >= 11 is 0. The lowest BCUT2D eigenvalue weighted by molar-refractivity contribution is -0.125. The van der Waals surface area contributed by atoms with Gasteiger partial charge in [-0.2, -0.15) is 0 Å². The SMILES string of the molecule is CC(NC(=O)C(C)C(N)c1ccccc1)c1ccccc1.Cl. The maximum Gasteiger partial charge on any atom is 0.225 e. The maximum atomic E-state index is 12.4. The van der Waals surface area contributed by atoms with E-state index in [1.54, 1.807) is 0 Å². The van der Waals surface area contributed by atoms with Gasteiger partial charge in [0.2, 0.25) is 5.91 Å². The van der Waals surface area contributed by atoms with E-state index in [0.29, 0.717) is 0 Å². The smallest absolute Gasteiger partial charge is 0.225 e. The molecule has 0 aliphatic rings. The quantitative estimate of drug-likeness (QED) is 0.884. The maximum absolute atomic E-state index is 12.4. The molecule has 0 radical (unpaired) electrons. The molecule has 118 valence electrons. The van der Waals surface area contributed by atoms with E-state index in [2.05, 4.69) is 5.32 Å². The van der Waals surface area contributed by atoms with Gasteiger partial charge < -0.3 is 11.1 Å². The van der Waals surface area contributed by atoms with Crippen molar-refractivity contribution in [1.82, 2.24) is 5.32 Å². The number of rotatable bonds is 5. The lowest BCUT2D eigenvalue weighted by Gasteiger charge is -2.22. The van der Waals surface area contributed by atoms with E-state index >= 15 is 0 Å². The molecule has 3 unspecified atom stereocenters. The minimum Gasteiger partial charge on any atom is -0.349 e. The summed E-state index contributed by atoms with van der Waals surface area (Å²) in [7, 11) is 0. The molecule has 3 atom stereocenters. The van der Waals surface area contributed by atoms with Gasteiger partial charge in [-0.25, -0.2) is 0 Å². The largest absolute Gasteiger partial charge is 0.349 e. The van der Waals surface area contributed by atoms with Crippen LogP contribution in [0.1, 0.15) is 37.1 Å². The second-order valence-electron chi connectivity index (χ2n) is 5.37. The Labute approximate surface area is 138 Å². The molecule has 0 bridgehead atoms. The highest BCUT2D eigenvalue weighted by atomic mass is 35.5. The van der Waals surface area contributed by atoms with Crippen LogP contribution in [-0.4, -0.2) is 5.91 Å². The fourth-order valence-electron chi connectivity index (χ4n) is 2.30. The number of carbonyl (C=O) groups is 1. The van der Waals surface area contributed by atoms with Crippen LogP contribution in [0.25, 0.3) is 0 Å². The average molecular weight is 319 g/mol. The summed E-state index contributed by atoms with van der Waals surface area (Å²) in [6, 6.07) is 19.3. The number of halogens is 1. The summed E-state index contributed by atoms with van der Waals surface area (Å²) in [6.45, 7) is 3.85. The highest BCUT2D eigenvalue weighted by Gasteiger charge is 2.23. The van der Waals surface area contributed by atoms with Gasteiger partial charge in [-0.05, 0) is 18.1 Å². The first-order chi connectivity index (χ1) is 10.1. The number of hydrogen-bond donors (Lipinski definition) is 2. The third-order valence-corrected chi connectivity index (χ3v) is 3.80. The van der Waals surface area contributed by atoms with Crippen molar-refractivity contribution in [3.63, 3.8) is 0 Å². The van der Waals surface area contributed by atoms with E-state index in [0.717, 1.165) is 11.1 Å². The first-order valence-corrected chi connectivity index (χ1v) is 7.25. The molecule has 0 spiro atoms. The Morgan fingerprint density at radius 2 is 1.36 bits per heavy atom. The van der Waals surface area contributed by atoms with Crippen molar-refractivity contribution in [2.24, 2.45) is 11.7 Å². The molecule has 0 aromatic heterocycles. The molecule has 4 heteroatoms. The van der Waals surface area contributed by atoms with Crippen LogP contribution in [0.2, 0.25) is 0 Å². The van der Waals surface area contributed by atoms with Crippen molar-refractivity contribution in [1.29, 1.82) is 0 Å². The minimum atomic E-state index is -0.297. The number of nitrogens with two attached hydrogens (primary N) is 1. The van der Waals surface area contributed by atoms with Gasteiger partial charge in [-0.1, -0.05) is 67.6 Å². The summed E-state index contributed by atoms with van der Waals surface area (Å²) in [4.78, 5) is 12.4. The van der Waals surface area contributed by atoms with E-state index in [1.807, 2.05) is 74.5 Å². The van der Waals surface area contributed by atoms with Crippen molar-refractivity contribution in [3.8, 4) is 0 Å². The van der Waals surface area contributed by atoms with Crippen molar-refractivity contribution >= 4 is 18.3 Å². The van der Waals surface area contributed by atoms with Gasteiger partial charge >= 0.3 is 0 Å². The van der Waals surface area contributed by atoms with Crippen LogP contribution in [0.4, 0.5) is 0 Å². The van der Waals surface area contributed by atoms with Gasteiger partial charge in [0, 0.05) is 6.04 Å². The van der Waals surface area contributed by atoms with Crippen molar-refractivity contribution in [2.75, 3.05) is 0 Å². The highest BCUT2D eigenvalue weighted by Crippen LogP contribution is 2.20. The minimum absolute atomic E-state index is 0. The molecule has 0 saturated carbocycles. The van der Waals surface area contributed by atoms with Crippen LogP contribution < -0.4 is 11.1 Å². The zero-order valence-corrected chi connectivity index (χ0v) is 13.7. The van der Waals surface area contributed by atoms with Crippen LogP contribution in [0.5, 0.6) is 0 Å². The first kappa shape index (κ1) is 18.2. The van der Waals surface area contributed by atoms with Crippen LogP contribution in [0, 0.1) is 5.92 Å². The molecular formula is C18H23ClN2O. The van der Waals surface area contributed by atoms with E-state index in [9.17, 15) is 4.79 Å². The van der Waals surface area contributed by atoms with Gasteiger partial charge in [-0.3, -0.25) is 4.79 Å². The Hall–Kier alpha value is -1.84. The molecule has 0 heterocycles. The van der Waals surface area contributed by atoms with Crippen LogP contribution in [0.3, 0.4) is 0 Å². The predicted molar refractivity (Wildman–Crippen MR) is 92.8 cm³/mol. The third-order valence-electron chi connectivity index (χ3n) is 3.80. The van der Waals surface area contributed by atoms with Crippen molar-refractivity contribution in [2.45, 2.75) is 25.9 Å². The molecule has 2 rings (SSSR count). The van der Waals surface area contributed by atoms with Crippen LogP contribution >= 0.6 is 12.4 Å². The molecule has 0 saturated heterocycles. The molecule has 0 fully saturated rings. The number of nitrogens with one attached hydrogen (secondary N) is 1. The zero-order valence-electron chi connectivity index (χ0n) is 12.9. The lowest BCUT2D eigenvalue weighted by Crippen LogP contribution is -2.36. The molecule has 2 aromatic carbocycles. The van der Waals surface area contributed by atoms with Crippen molar-refractivity contribution < 1.29 is 4.79 Å². The summed E-state index contributed by atoms with van der Waals surface area (Å²) in [6.07, 6.45) is 0. The van der Waals surface area contributed by atoms with Crippen LogP contribution in [-0.2, 0) is 4.79 Å². The van der Waals surface area contributed by atoms with Gasteiger partial charge in [0.1, 0.15) is 0 Å². The molecule has 22 heavy (non-hydrogen) atoms. The molecule has 3 N–H and O–H groups in total. The molecule has 2 aromatic rings. The predicted octanol–water partition coefficient (Wildman–Crippen LogP) is 3.62. The summed E-state index contributed by atoms with van der Waals surface area (Å²) in [5.74, 6) is -0.304.